The summed E-state index contributed by atoms with van der Waals surface area (Å²) in [6.07, 6.45) is 0. The Morgan fingerprint density at radius 3 is 2.22 bits per heavy atom. The number of aryl methyl sites for hydroxylation is 1. The molecule has 0 saturated heterocycles. The van der Waals surface area contributed by atoms with Gasteiger partial charge in [-0.2, -0.15) is 0 Å². The second-order valence-corrected chi connectivity index (χ2v) is 7.34. The molecule has 27 heavy (non-hydrogen) atoms. The summed E-state index contributed by atoms with van der Waals surface area (Å²) in [4.78, 5) is 12.2. The van der Waals surface area contributed by atoms with Crippen LogP contribution in [0, 0.1) is 6.92 Å². The van der Waals surface area contributed by atoms with Crippen LogP contribution in [0.15, 0.2) is 41.3 Å². The quantitative estimate of drug-likeness (QED) is 0.709. The Labute approximate surface area is 158 Å². The average molecular weight is 394 g/mol. The number of sulfonamides is 1. The Hall–Kier alpha value is -2.78. The van der Waals surface area contributed by atoms with E-state index in [-0.39, 0.29) is 4.90 Å². The second-order valence-electron chi connectivity index (χ2n) is 5.57. The van der Waals surface area contributed by atoms with Crippen LogP contribution >= 0.6 is 0 Å². The van der Waals surface area contributed by atoms with Gasteiger partial charge in [-0.05, 0) is 42.8 Å². The molecule has 0 spiro atoms. The maximum absolute atomic E-state index is 12.4. The van der Waals surface area contributed by atoms with E-state index in [1.54, 1.807) is 31.2 Å². The summed E-state index contributed by atoms with van der Waals surface area (Å²) in [5.74, 6) is 0.991. The first-order valence-electron chi connectivity index (χ1n) is 7.97. The highest BCUT2D eigenvalue weighted by atomic mass is 32.2. The molecule has 0 aliphatic heterocycles. The van der Waals surface area contributed by atoms with Gasteiger partial charge < -0.3 is 19.5 Å². The lowest BCUT2D eigenvalue weighted by Gasteiger charge is -2.13. The van der Waals surface area contributed by atoms with Crippen molar-refractivity contribution in [1.82, 2.24) is 4.72 Å². The predicted octanol–water partition coefficient (Wildman–Crippen LogP) is 1.94. The molecule has 2 N–H and O–H groups in total. The minimum atomic E-state index is -3.85. The molecule has 1 amide bonds. The zero-order chi connectivity index (χ0) is 20.0. The lowest BCUT2D eigenvalue weighted by molar-refractivity contribution is -0.115. The molecule has 0 atom stereocenters. The van der Waals surface area contributed by atoms with Crippen LogP contribution in [0.2, 0.25) is 0 Å². The molecule has 0 fully saturated rings. The van der Waals surface area contributed by atoms with E-state index in [9.17, 15) is 13.2 Å². The third kappa shape index (κ3) is 5.11. The van der Waals surface area contributed by atoms with Gasteiger partial charge >= 0.3 is 0 Å². The van der Waals surface area contributed by atoms with Gasteiger partial charge in [0.05, 0.1) is 38.5 Å². The first kappa shape index (κ1) is 20.5. The van der Waals surface area contributed by atoms with Gasteiger partial charge in [0, 0.05) is 6.07 Å². The molecule has 0 unspecified atom stereocenters. The number of anilines is 1. The van der Waals surface area contributed by atoms with Crippen molar-refractivity contribution in [3.05, 3.63) is 42.0 Å². The van der Waals surface area contributed by atoms with Crippen LogP contribution in [-0.2, 0) is 14.8 Å². The van der Waals surface area contributed by atoms with Gasteiger partial charge in [0.15, 0.2) is 0 Å². The number of nitrogens with one attached hydrogen (secondary N) is 2. The fourth-order valence-electron chi connectivity index (χ4n) is 2.37. The molecule has 0 saturated carbocycles. The molecule has 8 nitrogen and oxygen atoms in total. The molecular formula is C18H22N2O6S. The highest BCUT2D eigenvalue weighted by molar-refractivity contribution is 7.89. The largest absolute Gasteiger partial charge is 0.497 e. The summed E-state index contributed by atoms with van der Waals surface area (Å²) in [7, 11) is 0.623. The van der Waals surface area contributed by atoms with Gasteiger partial charge in [-0.1, -0.05) is 0 Å². The van der Waals surface area contributed by atoms with Crippen LogP contribution in [0.5, 0.6) is 17.2 Å². The number of rotatable bonds is 8. The van der Waals surface area contributed by atoms with Crippen molar-refractivity contribution < 1.29 is 27.4 Å². The minimum absolute atomic E-state index is 0.0487. The number of carbonyl (C=O) groups is 1. The first-order chi connectivity index (χ1) is 12.8. The minimum Gasteiger partial charge on any atom is -0.497 e. The lowest BCUT2D eigenvalue weighted by atomic mass is 10.2. The summed E-state index contributed by atoms with van der Waals surface area (Å²) in [5.41, 5.74) is 1.05. The highest BCUT2D eigenvalue weighted by Gasteiger charge is 2.17. The predicted molar refractivity (Wildman–Crippen MR) is 101 cm³/mol. The van der Waals surface area contributed by atoms with E-state index in [4.69, 9.17) is 14.2 Å². The lowest BCUT2D eigenvalue weighted by Crippen LogP contribution is -2.33. The fraction of sp³-hybridized carbons (Fsp3) is 0.278. The van der Waals surface area contributed by atoms with E-state index in [0.717, 1.165) is 0 Å². The molecule has 0 radical (unpaired) electrons. The third-order valence-corrected chi connectivity index (χ3v) is 5.18. The van der Waals surface area contributed by atoms with Crippen molar-refractivity contribution in [2.45, 2.75) is 11.8 Å². The number of ether oxygens (including phenoxy) is 3. The van der Waals surface area contributed by atoms with E-state index in [1.807, 2.05) is 0 Å². The Morgan fingerprint density at radius 1 is 0.963 bits per heavy atom. The van der Waals surface area contributed by atoms with Crippen LogP contribution in [0.4, 0.5) is 5.69 Å². The highest BCUT2D eigenvalue weighted by Crippen LogP contribution is 2.28. The molecule has 0 aromatic heterocycles. The fourth-order valence-corrected chi connectivity index (χ4v) is 3.44. The molecule has 2 aromatic rings. The van der Waals surface area contributed by atoms with Gasteiger partial charge in [-0.25, -0.2) is 13.1 Å². The van der Waals surface area contributed by atoms with Crippen LogP contribution < -0.4 is 24.2 Å². The normalized spacial score (nSPS) is 11.0. The number of carbonyl (C=O) groups excluding carboxylic acids is 1. The topological polar surface area (TPSA) is 103 Å². The second kappa shape index (κ2) is 8.74. The van der Waals surface area contributed by atoms with Crippen LogP contribution in [-0.4, -0.2) is 42.2 Å². The summed E-state index contributed by atoms with van der Waals surface area (Å²) in [6, 6.07) is 9.35. The zero-order valence-corrected chi connectivity index (χ0v) is 16.3. The summed E-state index contributed by atoms with van der Waals surface area (Å²) in [6.45, 7) is 1.30. The summed E-state index contributed by atoms with van der Waals surface area (Å²) in [5, 5.41) is 2.60. The Bertz CT molecular complexity index is 927. The van der Waals surface area contributed by atoms with Gasteiger partial charge in [0.2, 0.25) is 15.9 Å². The molecule has 0 aliphatic rings. The molecule has 2 rings (SSSR count). The zero-order valence-electron chi connectivity index (χ0n) is 15.5. The standard InChI is InChI=1S/C18H22N2O6S/c1-12-9-14(6-8-16(12)25-3)27(22,23)19-11-18(21)20-15-10-13(24-2)5-7-17(15)26-4/h5-10,19H,11H2,1-4H3,(H,20,21). The monoisotopic (exact) mass is 394 g/mol. The van der Waals surface area contributed by atoms with Crippen molar-refractivity contribution in [2.24, 2.45) is 0 Å². The van der Waals surface area contributed by atoms with E-state index in [0.29, 0.717) is 28.5 Å². The third-order valence-electron chi connectivity index (χ3n) is 3.78. The molecule has 9 heteroatoms. The molecule has 0 bridgehead atoms. The number of benzene rings is 2. The van der Waals surface area contributed by atoms with Crippen molar-refractivity contribution >= 4 is 21.6 Å². The molecule has 0 heterocycles. The molecule has 0 aliphatic carbocycles. The SMILES string of the molecule is COc1ccc(OC)c(NC(=O)CNS(=O)(=O)c2ccc(OC)c(C)c2)c1. The Kier molecular flexibility index (Phi) is 6.65. The summed E-state index contributed by atoms with van der Waals surface area (Å²) < 4.78 is 42.4. The number of hydrogen-bond acceptors (Lipinski definition) is 6. The average Bonchev–Trinajstić information content (AvgIpc) is 2.66. The molecular weight excluding hydrogens is 372 g/mol. The first-order valence-corrected chi connectivity index (χ1v) is 9.45. The Morgan fingerprint density at radius 2 is 1.63 bits per heavy atom. The summed E-state index contributed by atoms with van der Waals surface area (Å²) >= 11 is 0. The van der Waals surface area contributed by atoms with E-state index < -0.39 is 22.5 Å². The smallest absolute Gasteiger partial charge is 0.241 e. The van der Waals surface area contributed by atoms with E-state index >= 15 is 0 Å². The maximum Gasteiger partial charge on any atom is 0.241 e. The molecule has 146 valence electrons. The van der Waals surface area contributed by atoms with Crippen LogP contribution in [0.1, 0.15) is 5.56 Å². The van der Waals surface area contributed by atoms with Gasteiger partial charge in [-0.15, -0.1) is 0 Å². The number of methoxy groups -OCH3 is 3. The maximum atomic E-state index is 12.4. The molecule has 2 aromatic carbocycles. The van der Waals surface area contributed by atoms with Crippen LogP contribution in [0.3, 0.4) is 0 Å². The van der Waals surface area contributed by atoms with Crippen molar-refractivity contribution in [3.8, 4) is 17.2 Å². The van der Waals surface area contributed by atoms with Crippen molar-refractivity contribution in [2.75, 3.05) is 33.2 Å². The van der Waals surface area contributed by atoms with Crippen LogP contribution in [0.25, 0.3) is 0 Å². The van der Waals surface area contributed by atoms with E-state index in [2.05, 4.69) is 10.0 Å². The van der Waals surface area contributed by atoms with E-state index in [1.165, 1.54) is 33.5 Å². The van der Waals surface area contributed by atoms with Crippen molar-refractivity contribution in [1.29, 1.82) is 0 Å². The van der Waals surface area contributed by atoms with Crippen molar-refractivity contribution in [3.63, 3.8) is 0 Å². The number of hydrogen-bond donors (Lipinski definition) is 2. The Balaban J connectivity index is 2.07. The van der Waals surface area contributed by atoms with Gasteiger partial charge in [0.1, 0.15) is 17.2 Å². The number of amides is 1. The van der Waals surface area contributed by atoms with Gasteiger partial charge in [0.25, 0.3) is 0 Å². The van der Waals surface area contributed by atoms with Gasteiger partial charge in [-0.3, -0.25) is 4.79 Å².